The average Bonchev–Trinajstić information content (AvgIpc) is 2.68. The number of non-ortho nitro benzene ring substituents is 1. The first-order valence-corrected chi connectivity index (χ1v) is 8.74. The van der Waals surface area contributed by atoms with Gasteiger partial charge < -0.3 is 4.90 Å². The van der Waals surface area contributed by atoms with Crippen LogP contribution in [0.25, 0.3) is 10.9 Å². The molecule has 6 heteroatoms. The predicted octanol–water partition coefficient (Wildman–Crippen LogP) is 3.47. The maximum absolute atomic E-state index is 10.8. The van der Waals surface area contributed by atoms with Gasteiger partial charge in [0.05, 0.1) is 10.4 Å². The van der Waals surface area contributed by atoms with Gasteiger partial charge in [-0.2, -0.15) is 0 Å². The van der Waals surface area contributed by atoms with Crippen LogP contribution < -0.4 is 4.90 Å². The molecule has 1 aliphatic heterocycles. The van der Waals surface area contributed by atoms with E-state index < -0.39 is 0 Å². The second kappa shape index (κ2) is 7.09. The van der Waals surface area contributed by atoms with Crippen molar-refractivity contribution < 1.29 is 4.92 Å². The van der Waals surface area contributed by atoms with Crippen LogP contribution in [0.1, 0.15) is 5.56 Å². The maximum Gasteiger partial charge on any atom is 0.269 e. The fourth-order valence-electron chi connectivity index (χ4n) is 3.41. The highest BCUT2D eigenvalue weighted by atomic mass is 16.6. The van der Waals surface area contributed by atoms with Crippen LogP contribution in [0.2, 0.25) is 0 Å². The van der Waals surface area contributed by atoms with E-state index in [1.54, 1.807) is 12.1 Å². The van der Waals surface area contributed by atoms with E-state index in [9.17, 15) is 10.1 Å². The summed E-state index contributed by atoms with van der Waals surface area (Å²) in [5.41, 5.74) is 3.44. The molecule has 0 bridgehead atoms. The number of fused-ring (bicyclic) bond motifs is 1. The fraction of sp³-hybridized carbons (Fsp3) is 0.250. The average molecular weight is 348 g/mol. The Morgan fingerprint density at radius 2 is 1.73 bits per heavy atom. The zero-order valence-electron chi connectivity index (χ0n) is 14.4. The number of nitrogens with zero attached hydrogens (tertiary/aromatic N) is 4. The molecular formula is C20H20N4O2. The lowest BCUT2D eigenvalue weighted by Crippen LogP contribution is -2.45. The number of piperazine rings is 1. The first-order chi connectivity index (χ1) is 12.7. The van der Waals surface area contributed by atoms with Gasteiger partial charge in [0.25, 0.3) is 5.69 Å². The molecule has 1 fully saturated rings. The normalized spacial score (nSPS) is 15.3. The van der Waals surface area contributed by atoms with Crippen molar-refractivity contribution in [2.45, 2.75) is 6.54 Å². The quantitative estimate of drug-likeness (QED) is 0.534. The van der Waals surface area contributed by atoms with E-state index in [4.69, 9.17) is 0 Å². The molecule has 0 unspecified atom stereocenters. The number of hydrogen-bond acceptors (Lipinski definition) is 5. The van der Waals surface area contributed by atoms with Crippen LogP contribution in [-0.4, -0.2) is 41.0 Å². The third-order valence-corrected chi connectivity index (χ3v) is 4.85. The molecule has 2 heterocycles. The Balaban J connectivity index is 1.37. The lowest BCUT2D eigenvalue weighted by molar-refractivity contribution is -0.384. The van der Waals surface area contributed by atoms with E-state index in [0.29, 0.717) is 0 Å². The predicted molar refractivity (Wildman–Crippen MR) is 102 cm³/mol. The third kappa shape index (κ3) is 3.50. The van der Waals surface area contributed by atoms with Gasteiger partial charge in [0.15, 0.2) is 0 Å². The molecule has 2 aromatic carbocycles. The molecule has 0 amide bonds. The number of benzene rings is 2. The summed E-state index contributed by atoms with van der Waals surface area (Å²) in [6.45, 7) is 4.65. The molecule has 0 saturated carbocycles. The van der Waals surface area contributed by atoms with Crippen molar-refractivity contribution in [1.29, 1.82) is 0 Å². The number of rotatable bonds is 4. The SMILES string of the molecule is O=[N+]([O-])c1ccc(N2CCN(Cc3cnc4ccccc4c3)CC2)cc1. The van der Waals surface area contributed by atoms with Crippen LogP contribution in [-0.2, 0) is 6.54 Å². The van der Waals surface area contributed by atoms with Crippen molar-refractivity contribution in [1.82, 2.24) is 9.88 Å². The summed E-state index contributed by atoms with van der Waals surface area (Å²) in [6.07, 6.45) is 1.96. The number of aromatic nitrogens is 1. The summed E-state index contributed by atoms with van der Waals surface area (Å²) in [5.74, 6) is 0. The summed E-state index contributed by atoms with van der Waals surface area (Å²) in [7, 11) is 0. The Morgan fingerprint density at radius 3 is 2.46 bits per heavy atom. The van der Waals surface area contributed by atoms with Crippen LogP contribution >= 0.6 is 0 Å². The van der Waals surface area contributed by atoms with Crippen molar-refractivity contribution in [3.8, 4) is 0 Å². The monoisotopic (exact) mass is 348 g/mol. The third-order valence-electron chi connectivity index (χ3n) is 4.85. The van der Waals surface area contributed by atoms with E-state index in [1.807, 2.05) is 36.5 Å². The van der Waals surface area contributed by atoms with Gasteiger partial charge in [-0.15, -0.1) is 0 Å². The fourth-order valence-corrected chi connectivity index (χ4v) is 3.41. The van der Waals surface area contributed by atoms with Gasteiger partial charge in [-0.05, 0) is 29.8 Å². The van der Waals surface area contributed by atoms with Crippen LogP contribution in [0.5, 0.6) is 0 Å². The number of pyridine rings is 1. The smallest absolute Gasteiger partial charge is 0.269 e. The van der Waals surface area contributed by atoms with Crippen molar-refractivity contribution in [3.63, 3.8) is 0 Å². The van der Waals surface area contributed by atoms with Crippen molar-refractivity contribution >= 4 is 22.3 Å². The van der Waals surface area contributed by atoms with Gasteiger partial charge in [-0.1, -0.05) is 18.2 Å². The topological polar surface area (TPSA) is 62.5 Å². The lowest BCUT2D eigenvalue weighted by atomic mass is 10.1. The van der Waals surface area contributed by atoms with E-state index >= 15 is 0 Å². The van der Waals surface area contributed by atoms with Gasteiger partial charge in [-0.25, -0.2) is 0 Å². The van der Waals surface area contributed by atoms with Crippen molar-refractivity contribution in [2.75, 3.05) is 31.1 Å². The molecule has 3 aromatic rings. The molecule has 0 radical (unpaired) electrons. The molecule has 0 N–H and O–H groups in total. The Morgan fingerprint density at radius 1 is 1.00 bits per heavy atom. The van der Waals surface area contributed by atoms with Crippen LogP contribution in [0.4, 0.5) is 11.4 Å². The van der Waals surface area contributed by atoms with Crippen LogP contribution in [0, 0.1) is 10.1 Å². The lowest BCUT2D eigenvalue weighted by Gasteiger charge is -2.36. The molecule has 26 heavy (non-hydrogen) atoms. The van der Waals surface area contributed by atoms with Gasteiger partial charge in [0.2, 0.25) is 0 Å². The highest BCUT2D eigenvalue weighted by molar-refractivity contribution is 5.78. The molecule has 132 valence electrons. The molecule has 1 aromatic heterocycles. The molecule has 0 aliphatic carbocycles. The van der Waals surface area contributed by atoms with Crippen LogP contribution in [0.15, 0.2) is 60.8 Å². The molecule has 0 spiro atoms. The minimum atomic E-state index is -0.362. The minimum absolute atomic E-state index is 0.135. The van der Waals surface area contributed by atoms with E-state index in [2.05, 4.69) is 26.9 Å². The summed E-state index contributed by atoms with van der Waals surface area (Å²) >= 11 is 0. The van der Waals surface area contributed by atoms with Gasteiger partial charge in [0, 0.05) is 62.1 Å². The minimum Gasteiger partial charge on any atom is -0.369 e. The standard InChI is InChI=1S/C20H20N4O2/c25-24(26)19-7-5-18(6-8-19)23-11-9-22(10-12-23)15-16-13-17-3-1-2-4-20(17)21-14-16/h1-8,13-14H,9-12,15H2. The highest BCUT2D eigenvalue weighted by Gasteiger charge is 2.18. The molecule has 4 rings (SSSR count). The van der Waals surface area contributed by atoms with Gasteiger partial charge >= 0.3 is 0 Å². The number of anilines is 1. The van der Waals surface area contributed by atoms with Gasteiger partial charge in [0.1, 0.15) is 0 Å². The van der Waals surface area contributed by atoms with E-state index in [-0.39, 0.29) is 10.6 Å². The van der Waals surface area contributed by atoms with Crippen molar-refractivity contribution in [3.05, 3.63) is 76.5 Å². The summed E-state index contributed by atoms with van der Waals surface area (Å²) in [4.78, 5) is 19.6. The van der Waals surface area contributed by atoms with E-state index in [1.165, 1.54) is 10.9 Å². The van der Waals surface area contributed by atoms with Crippen molar-refractivity contribution in [2.24, 2.45) is 0 Å². The zero-order valence-corrected chi connectivity index (χ0v) is 14.4. The Hall–Kier alpha value is -2.99. The maximum atomic E-state index is 10.8. The highest BCUT2D eigenvalue weighted by Crippen LogP contribution is 2.21. The number of nitro groups is 1. The number of nitro benzene ring substituents is 1. The first-order valence-electron chi connectivity index (χ1n) is 8.74. The molecule has 1 saturated heterocycles. The zero-order chi connectivity index (χ0) is 17.9. The second-order valence-corrected chi connectivity index (χ2v) is 6.57. The second-order valence-electron chi connectivity index (χ2n) is 6.57. The molecular weight excluding hydrogens is 328 g/mol. The summed E-state index contributed by atoms with van der Waals surface area (Å²) in [6, 6.07) is 17.2. The number of hydrogen-bond donors (Lipinski definition) is 0. The Labute approximate surface area is 151 Å². The molecule has 6 nitrogen and oxygen atoms in total. The Bertz CT molecular complexity index is 919. The largest absolute Gasteiger partial charge is 0.369 e. The number of para-hydroxylation sites is 1. The van der Waals surface area contributed by atoms with E-state index in [0.717, 1.165) is 43.9 Å². The molecule has 0 atom stereocenters. The first kappa shape index (κ1) is 16.5. The Kier molecular flexibility index (Phi) is 4.50. The molecule has 1 aliphatic rings. The van der Waals surface area contributed by atoms with Crippen LogP contribution in [0.3, 0.4) is 0 Å². The summed E-state index contributed by atoms with van der Waals surface area (Å²) < 4.78 is 0. The summed E-state index contributed by atoms with van der Waals surface area (Å²) in [5, 5.41) is 11.9. The van der Waals surface area contributed by atoms with Gasteiger partial charge in [-0.3, -0.25) is 20.0 Å².